The Hall–Kier alpha value is -5.32. The summed E-state index contributed by atoms with van der Waals surface area (Å²) in [5.41, 5.74) is -1.63. The summed E-state index contributed by atoms with van der Waals surface area (Å²) in [6.07, 6.45) is -8.48. The zero-order chi connectivity index (χ0) is 44.1. The molecule has 2 aliphatic rings. The lowest BCUT2D eigenvalue weighted by atomic mass is 9.74. The lowest BCUT2D eigenvalue weighted by molar-refractivity contribution is -0.216. The Kier molecular flexibility index (Phi) is 11.9. The topological polar surface area (TPSA) is 180 Å². The molecule has 0 radical (unpaired) electrons. The molecule has 1 aliphatic heterocycles. The number of carbonyl (C=O) groups excluding carboxylic acids is 2. The summed E-state index contributed by atoms with van der Waals surface area (Å²) in [4.78, 5) is 36.1. The molecular weight excluding hydrogens is 846 g/mol. The van der Waals surface area contributed by atoms with Crippen molar-refractivity contribution in [2.75, 3.05) is 12.9 Å². The number of nitrogens with zero attached hydrogens (tertiary/aromatic N) is 7. The molecule has 2 amide bonds. The number of nitrogens with two attached hydrogens (primary N) is 1. The van der Waals surface area contributed by atoms with Crippen LogP contribution in [-0.4, -0.2) is 91.5 Å². The van der Waals surface area contributed by atoms with Gasteiger partial charge in [0, 0.05) is 5.56 Å². The van der Waals surface area contributed by atoms with Crippen LogP contribution in [0.3, 0.4) is 0 Å². The Morgan fingerprint density at radius 3 is 2.34 bits per heavy atom. The molecule has 1 fully saturated rings. The predicted octanol–water partition coefficient (Wildman–Crippen LogP) is 6.81. The molecule has 320 valence electrons. The first kappa shape index (κ1) is 44.8. The molecule has 24 heteroatoms. The van der Waals surface area contributed by atoms with Crippen molar-refractivity contribution in [2.24, 2.45) is 16.1 Å². The number of rotatable bonds is 14. The number of alkyl carbamates (subject to hydrolysis) is 1. The van der Waals surface area contributed by atoms with Crippen molar-refractivity contribution in [1.29, 1.82) is 0 Å². The van der Waals surface area contributed by atoms with Gasteiger partial charge in [-0.05, 0) is 55.0 Å². The van der Waals surface area contributed by atoms with Crippen LogP contribution in [0.4, 0.5) is 39.9 Å². The van der Waals surface area contributed by atoms with E-state index in [9.17, 15) is 53.1 Å². The summed E-state index contributed by atoms with van der Waals surface area (Å²) in [7, 11) is -3.80. The average molecular weight is 882 g/mol. The number of alkyl halides is 8. The summed E-state index contributed by atoms with van der Waals surface area (Å²) < 4.78 is 143. The van der Waals surface area contributed by atoms with Crippen molar-refractivity contribution in [2.45, 2.75) is 75.9 Å². The fourth-order valence-corrected chi connectivity index (χ4v) is 6.92. The first-order valence-corrected chi connectivity index (χ1v) is 19.5. The molecule has 0 unspecified atom stereocenters. The first-order chi connectivity index (χ1) is 27.2. The standard InChI is InChI=1S/C35H36ClF8N9O5S/c1-6-20(22-14-47-51(15-22)59(5,56)57)8-7-19(2)33(17-31(3,4)34(39,40)41)28(54)52(29(45)49-33)25(16-58-30(55)50-32(11-12-32)35(42,43)44)21-9-10-23(36)24(13-21)53-27(26(37)38)46-18-48-53/h6-10,13-15,18,25-26H,2,11-12,16-17H2,1,3-5H3,(H2,45,49)(H,50,55)/b8-7-,20-6+/t25-,33-/m1/s1. The predicted molar refractivity (Wildman–Crippen MR) is 197 cm³/mol. The van der Waals surface area contributed by atoms with Crippen molar-refractivity contribution < 1.29 is 57.9 Å². The SMILES string of the molecule is C=C(/C=C\C(=C/C)c1cnn(S(C)(=O)=O)c1)[C@@]1(CC(C)(C)C(F)(F)F)N=C(N)N([C@H](COC(=O)NC2(C(F)(F)F)CC2)c2ccc(Cl)c(-n3ncnc3C(F)F)c2)C1=O. The summed E-state index contributed by atoms with van der Waals surface area (Å²) >= 11 is 6.35. The maximum Gasteiger partial charge on any atom is 0.411 e. The number of guanidine groups is 1. The Bertz CT molecular complexity index is 2350. The molecule has 59 heavy (non-hydrogen) atoms. The van der Waals surface area contributed by atoms with E-state index in [0.717, 1.165) is 32.5 Å². The van der Waals surface area contributed by atoms with Crippen LogP contribution in [0.15, 0.2) is 72.3 Å². The van der Waals surface area contributed by atoms with E-state index in [1.54, 1.807) is 12.2 Å². The van der Waals surface area contributed by atoms with Crippen molar-refractivity contribution in [3.63, 3.8) is 0 Å². The van der Waals surface area contributed by atoms with Crippen LogP contribution in [0, 0.1) is 5.41 Å². The minimum Gasteiger partial charge on any atom is -0.447 e. The fraction of sp³-hybridized carbons (Fsp3) is 0.429. The highest BCUT2D eigenvalue weighted by atomic mass is 35.5. The molecule has 1 aromatic carbocycles. The number of halogens is 9. The van der Waals surface area contributed by atoms with Crippen LogP contribution < -0.4 is 11.1 Å². The van der Waals surface area contributed by atoms with Crippen LogP contribution in [0.2, 0.25) is 5.02 Å². The van der Waals surface area contributed by atoms with Crippen molar-refractivity contribution in [1.82, 2.24) is 34.2 Å². The first-order valence-electron chi connectivity index (χ1n) is 17.2. The lowest BCUT2D eigenvalue weighted by Gasteiger charge is -2.37. The van der Waals surface area contributed by atoms with Crippen LogP contribution in [0.5, 0.6) is 0 Å². The third-order valence-electron chi connectivity index (χ3n) is 9.80. The molecule has 1 saturated carbocycles. The number of benzene rings is 1. The van der Waals surface area contributed by atoms with Gasteiger partial charge in [-0.2, -0.15) is 40.6 Å². The van der Waals surface area contributed by atoms with Gasteiger partial charge in [-0.3, -0.25) is 9.69 Å². The van der Waals surface area contributed by atoms with Gasteiger partial charge in [0.05, 0.1) is 40.8 Å². The zero-order valence-electron chi connectivity index (χ0n) is 31.4. The number of aliphatic imine (C=N–C) groups is 1. The van der Waals surface area contributed by atoms with Crippen LogP contribution in [0.1, 0.15) is 69.5 Å². The molecule has 5 rings (SSSR count). The molecule has 0 saturated heterocycles. The smallest absolute Gasteiger partial charge is 0.411 e. The Balaban J connectivity index is 1.60. The van der Waals surface area contributed by atoms with Gasteiger partial charge in [-0.1, -0.05) is 56.3 Å². The number of carbonyl (C=O) groups is 2. The number of amides is 2. The number of hydrogen-bond donors (Lipinski definition) is 2. The molecule has 3 aromatic rings. The Morgan fingerprint density at radius 1 is 1.14 bits per heavy atom. The summed E-state index contributed by atoms with van der Waals surface area (Å²) in [5, 5.41) is 9.14. The van der Waals surface area contributed by atoms with Gasteiger partial charge in [0.15, 0.2) is 17.3 Å². The van der Waals surface area contributed by atoms with Crippen molar-refractivity contribution in [3.05, 3.63) is 89.3 Å². The highest BCUT2D eigenvalue weighted by Crippen LogP contribution is 2.50. The monoisotopic (exact) mass is 881 g/mol. The molecule has 0 bridgehead atoms. The van der Waals surface area contributed by atoms with Crippen LogP contribution >= 0.6 is 11.6 Å². The van der Waals surface area contributed by atoms with Gasteiger partial charge in [-0.15, -0.1) is 0 Å². The molecular formula is C35H36ClF8N9O5S. The molecule has 14 nitrogen and oxygen atoms in total. The second kappa shape index (κ2) is 15.7. The van der Waals surface area contributed by atoms with Crippen molar-refractivity contribution in [3.8, 4) is 5.69 Å². The summed E-state index contributed by atoms with van der Waals surface area (Å²) in [6.45, 7) is 6.04. The number of nitrogens with one attached hydrogen (secondary N) is 1. The van der Waals surface area contributed by atoms with Crippen molar-refractivity contribution >= 4 is 45.2 Å². The van der Waals surface area contributed by atoms with E-state index >= 15 is 0 Å². The van der Waals surface area contributed by atoms with E-state index in [1.807, 2.05) is 0 Å². The largest absolute Gasteiger partial charge is 0.447 e. The van der Waals surface area contributed by atoms with Crippen LogP contribution in [-0.2, 0) is 19.6 Å². The van der Waals surface area contributed by atoms with E-state index in [0.29, 0.717) is 19.2 Å². The van der Waals surface area contributed by atoms with E-state index in [2.05, 4.69) is 26.8 Å². The summed E-state index contributed by atoms with van der Waals surface area (Å²) in [6, 6.07) is 1.79. The van der Waals surface area contributed by atoms with Gasteiger partial charge in [0.1, 0.15) is 18.5 Å². The fourth-order valence-electron chi connectivity index (χ4n) is 6.20. The Labute approximate surface area is 336 Å². The van der Waals surface area contributed by atoms with E-state index < -0.39 is 101 Å². The molecule has 3 N–H and O–H groups in total. The van der Waals surface area contributed by atoms with Gasteiger partial charge >= 0.3 is 18.4 Å². The highest BCUT2D eigenvalue weighted by Gasteiger charge is 2.65. The maximum absolute atomic E-state index is 14.9. The minimum atomic E-state index is -4.94. The third kappa shape index (κ3) is 8.85. The van der Waals surface area contributed by atoms with E-state index in [-0.39, 0.29) is 27.4 Å². The zero-order valence-corrected chi connectivity index (χ0v) is 33.0. The highest BCUT2D eigenvalue weighted by molar-refractivity contribution is 7.89. The number of allylic oxidation sites excluding steroid dienone is 3. The van der Waals surface area contributed by atoms with Gasteiger partial charge in [0.2, 0.25) is 0 Å². The number of ether oxygens (including phenoxy) is 1. The average Bonchev–Trinajstić information content (AvgIpc) is 3.42. The lowest BCUT2D eigenvalue weighted by Crippen LogP contribution is -2.51. The quantitative estimate of drug-likeness (QED) is 0.130. The number of aromatic nitrogens is 5. The maximum atomic E-state index is 14.9. The van der Waals surface area contributed by atoms with Crippen LogP contribution in [0.25, 0.3) is 11.3 Å². The molecule has 3 heterocycles. The summed E-state index contributed by atoms with van der Waals surface area (Å²) in [5.74, 6) is -2.85. The second-order valence-corrected chi connectivity index (χ2v) is 16.6. The van der Waals surface area contributed by atoms with E-state index in [4.69, 9.17) is 22.1 Å². The van der Waals surface area contributed by atoms with Gasteiger partial charge in [0.25, 0.3) is 22.4 Å². The normalized spacial score (nSPS) is 19.4. The van der Waals surface area contributed by atoms with Gasteiger partial charge in [-0.25, -0.2) is 36.7 Å². The molecule has 2 aromatic heterocycles. The molecule has 2 atom stereocenters. The number of hydrogen-bond acceptors (Lipinski definition) is 10. The second-order valence-electron chi connectivity index (χ2n) is 14.4. The third-order valence-corrected chi connectivity index (χ3v) is 11.0. The van der Waals surface area contributed by atoms with E-state index in [1.165, 1.54) is 42.8 Å². The molecule has 0 spiro atoms. The van der Waals surface area contributed by atoms with Gasteiger partial charge < -0.3 is 15.8 Å². The molecule has 1 aliphatic carbocycles. The minimum absolute atomic E-state index is 0.123. The Morgan fingerprint density at radius 2 is 1.80 bits per heavy atom.